The highest BCUT2D eigenvalue weighted by Crippen LogP contribution is 2.18. The van der Waals surface area contributed by atoms with Crippen LogP contribution in [0, 0.1) is 16.4 Å². The Morgan fingerprint density at radius 2 is 2.17 bits per heavy atom. The molecule has 0 aromatic carbocycles. The zero-order chi connectivity index (χ0) is 9.30. The Kier molecular flexibility index (Phi) is 2.98. The smallest absolute Gasteiger partial charge is 0.135 e. The quantitative estimate of drug-likeness (QED) is 0.842. The van der Waals surface area contributed by atoms with E-state index in [-0.39, 0.29) is 0 Å². The van der Waals surface area contributed by atoms with Crippen LogP contribution in [0.15, 0.2) is 0 Å². The van der Waals surface area contributed by atoms with Crippen molar-refractivity contribution in [1.82, 2.24) is 9.78 Å². The number of aryl methyl sites for hydroxylation is 1. The average molecular weight is 279 g/mol. The minimum atomic E-state index is 0.586. The molecule has 0 atom stereocenters. The first-order valence-electron chi connectivity index (χ1n) is 4.00. The molecule has 1 rings (SSSR count). The fraction of sp³-hybridized carbons (Fsp3) is 0.625. The number of hydrogen-bond acceptors (Lipinski definition) is 2. The maximum Gasteiger partial charge on any atom is 0.135 e. The van der Waals surface area contributed by atoms with Gasteiger partial charge < -0.3 is 5.73 Å². The molecule has 0 amide bonds. The van der Waals surface area contributed by atoms with Gasteiger partial charge in [0.25, 0.3) is 0 Å². The standard InChI is InChI=1S/C8H14IN3/c1-5(2)4-12-8(10)7(9)6(3)11-12/h5H,4,10H2,1-3H3. The number of nitrogens with two attached hydrogens (primary N) is 1. The first-order valence-corrected chi connectivity index (χ1v) is 5.08. The third-order valence-corrected chi connectivity index (χ3v) is 2.96. The summed E-state index contributed by atoms with van der Waals surface area (Å²) in [4.78, 5) is 0. The van der Waals surface area contributed by atoms with Gasteiger partial charge in [0, 0.05) is 6.54 Å². The molecular formula is C8H14IN3. The van der Waals surface area contributed by atoms with Gasteiger partial charge >= 0.3 is 0 Å². The zero-order valence-electron chi connectivity index (χ0n) is 7.63. The van der Waals surface area contributed by atoms with Crippen LogP contribution in [0.25, 0.3) is 0 Å². The summed E-state index contributed by atoms with van der Waals surface area (Å²) in [5, 5.41) is 4.33. The molecule has 0 spiro atoms. The lowest BCUT2D eigenvalue weighted by Gasteiger charge is -2.06. The Labute approximate surface area is 86.5 Å². The molecule has 1 heterocycles. The highest BCUT2D eigenvalue weighted by Gasteiger charge is 2.09. The molecule has 68 valence electrons. The van der Waals surface area contributed by atoms with Gasteiger partial charge in [-0.25, -0.2) is 4.68 Å². The summed E-state index contributed by atoms with van der Waals surface area (Å²) < 4.78 is 2.95. The van der Waals surface area contributed by atoms with Crippen molar-refractivity contribution in [3.05, 3.63) is 9.26 Å². The molecule has 1 aromatic rings. The van der Waals surface area contributed by atoms with E-state index in [1.807, 2.05) is 11.6 Å². The van der Waals surface area contributed by atoms with Crippen molar-refractivity contribution in [3.8, 4) is 0 Å². The number of nitrogen functional groups attached to an aromatic ring is 1. The van der Waals surface area contributed by atoms with E-state index in [1.165, 1.54) is 0 Å². The molecular weight excluding hydrogens is 265 g/mol. The normalized spacial score (nSPS) is 11.1. The second kappa shape index (κ2) is 3.64. The monoisotopic (exact) mass is 279 g/mol. The van der Waals surface area contributed by atoms with Crippen molar-refractivity contribution in [2.24, 2.45) is 5.92 Å². The second-order valence-electron chi connectivity index (χ2n) is 3.36. The number of anilines is 1. The van der Waals surface area contributed by atoms with Crippen LogP contribution >= 0.6 is 22.6 Å². The Balaban J connectivity index is 2.93. The molecule has 0 aliphatic rings. The topological polar surface area (TPSA) is 43.8 Å². The molecule has 12 heavy (non-hydrogen) atoms. The molecule has 0 radical (unpaired) electrons. The van der Waals surface area contributed by atoms with E-state index in [1.54, 1.807) is 0 Å². The van der Waals surface area contributed by atoms with Gasteiger partial charge in [0.1, 0.15) is 5.82 Å². The van der Waals surface area contributed by atoms with E-state index in [0.717, 1.165) is 21.6 Å². The lowest BCUT2D eigenvalue weighted by Crippen LogP contribution is -2.09. The van der Waals surface area contributed by atoms with Crippen molar-refractivity contribution < 1.29 is 0 Å². The Hall–Kier alpha value is -0.260. The molecule has 0 fully saturated rings. The summed E-state index contributed by atoms with van der Waals surface area (Å²) in [6.07, 6.45) is 0. The predicted molar refractivity (Wildman–Crippen MR) is 58.9 cm³/mol. The first-order chi connectivity index (χ1) is 5.52. The van der Waals surface area contributed by atoms with E-state index in [0.29, 0.717) is 5.92 Å². The Morgan fingerprint density at radius 3 is 2.50 bits per heavy atom. The number of rotatable bonds is 2. The number of aromatic nitrogens is 2. The molecule has 2 N–H and O–H groups in total. The molecule has 0 aliphatic heterocycles. The molecule has 0 bridgehead atoms. The fourth-order valence-electron chi connectivity index (χ4n) is 1.06. The number of nitrogens with zero attached hydrogens (tertiary/aromatic N) is 2. The highest BCUT2D eigenvalue weighted by molar-refractivity contribution is 14.1. The summed E-state index contributed by atoms with van der Waals surface area (Å²) in [6, 6.07) is 0. The van der Waals surface area contributed by atoms with Gasteiger partial charge in [-0.05, 0) is 35.4 Å². The van der Waals surface area contributed by atoms with E-state index >= 15 is 0 Å². The van der Waals surface area contributed by atoms with Gasteiger partial charge in [0.05, 0.1) is 9.26 Å². The third kappa shape index (κ3) is 1.91. The van der Waals surface area contributed by atoms with Crippen LogP contribution in [-0.4, -0.2) is 9.78 Å². The molecule has 1 aromatic heterocycles. The fourth-order valence-corrected chi connectivity index (χ4v) is 1.45. The van der Waals surface area contributed by atoms with Crippen molar-refractivity contribution in [3.63, 3.8) is 0 Å². The summed E-state index contributed by atoms with van der Waals surface area (Å²) in [7, 11) is 0. The summed E-state index contributed by atoms with van der Waals surface area (Å²) in [6.45, 7) is 7.19. The first kappa shape index (κ1) is 9.83. The zero-order valence-corrected chi connectivity index (χ0v) is 9.79. The van der Waals surface area contributed by atoms with Gasteiger partial charge in [0.2, 0.25) is 0 Å². The van der Waals surface area contributed by atoms with E-state index in [9.17, 15) is 0 Å². The lowest BCUT2D eigenvalue weighted by molar-refractivity contribution is 0.486. The van der Waals surface area contributed by atoms with Gasteiger partial charge in [-0.3, -0.25) is 0 Å². The van der Waals surface area contributed by atoms with Crippen molar-refractivity contribution >= 4 is 28.4 Å². The van der Waals surface area contributed by atoms with Crippen LogP contribution < -0.4 is 5.73 Å². The molecule has 0 unspecified atom stereocenters. The number of hydrogen-bond donors (Lipinski definition) is 1. The van der Waals surface area contributed by atoms with Gasteiger partial charge in [-0.15, -0.1) is 0 Å². The largest absolute Gasteiger partial charge is 0.383 e. The minimum Gasteiger partial charge on any atom is -0.383 e. The van der Waals surface area contributed by atoms with Gasteiger partial charge in [-0.1, -0.05) is 13.8 Å². The van der Waals surface area contributed by atoms with E-state index in [4.69, 9.17) is 5.73 Å². The minimum absolute atomic E-state index is 0.586. The van der Waals surface area contributed by atoms with Crippen molar-refractivity contribution in [2.45, 2.75) is 27.3 Å². The van der Waals surface area contributed by atoms with Crippen molar-refractivity contribution in [1.29, 1.82) is 0 Å². The van der Waals surface area contributed by atoms with Crippen LogP contribution in [0.2, 0.25) is 0 Å². The average Bonchev–Trinajstić information content (AvgIpc) is 2.17. The second-order valence-corrected chi connectivity index (χ2v) is 4.44. The Bertz CT molecular complexity index is 278. The Morgan fingerprint density at radius 1 is 1.58 bits per heavy atom. The molecule has 3 nitrogen and oxygen atoms in total. The van der Waals surface area contributed by atoms with Crippen LogP contribution in [0.3, 0.4) is 0 Å². The summed E-state index contributed by atoms with van der Waals surface area (Å²) >= 11 is 2.23. The van der Waals surface area contributed by atoms with Crippen LogP contribution in [0.1, 0.15) is 19.5 Å². The maximum absolute atomic E-state index is 5.84. The third-order valence-electron chi connectivity index (χ3n) is 1.63. The van der Waals surface area contributed by atoms with E-state index in [2.05, 4.69) is 41.5 Å². The molecule has 0 aliphatic carbocycles. The van der Waals surface area contributed by atoms with Crippen LogP contribution in [0.5, 0.6) is 0 Å². The number of halogens is 1. The molecule has 0 saturated carbocycles. The van der Waals surface area contributed by atoms with Gasteiger partial charge in [-0.2, -0.15) is 5.10 Å². The lowest BCUT2D eigenvalue weighted by atomic mass is 10.2. The summed E-state index contributed by atoms with van der Waals surface area (Å²) in [5.41, 5.74) is 6.87. The van der Waals surface area contributed by atoms with Crippen LogP contribution in [-0.2, 0) is 6.54 Å². The predicted octanol–water partition coefficient (Wildman–Crippen LogP) is 2.03. The highest BCUT2D eigenvalue weighted by atomic mass is 127. The van der Waals surface area contributed by atoms with E-state index < -0.39 is 0 Å². The van der Waals surface area contributed by atoms with Gasteiger partial charge in [0.15, 0.2) is 0 Å². The maximum atomic E-state index is 5.84. The van der Waals surface area contributed by atoms with Crippen LogP contribution in [0.4, 0.5) is 5.82 Å². The van der Waals surface area contributed by atoms with Crippen molar-refractivity contribution in [2.75, 3.05) is 5.73 Å². The molecule has 0 saturated heterocycles. The molecule has 4 heteroatoms. The SMILES string of the molecule is Cc1nn(CC(C)C)c(N)c1I. The summed E-state index contributed by atoms with van der Waals surface area (Å²) in [5.74, 6) is 1.38.